The van der Waals surface area contributed by atoms with Gasteiger partial charge in [-0.15, -0.1) is 0 Å². The molecule has 1 aliphatic carbocycles. The minimum Gasteiger partial charge on any atom is -0.336 e. The van der Waals surface area contributed by atoms with Crippen LogP contribution in [-0.2, 0) is 16.6 Å². The summed E-state index contributed by atoms with van der Waals surface area (Å²) in [4.78, 5) is 32.5. The van der Waals surface area contributed by atoms with Crippen molar-refractivity contribution in [2.75, 3.05) is 58.7 Å². The van der Waals surface area contributed by atoms with Crippen molar-refractivity contribution in [3.63, 3.8) is 0 Å². The van der Waals surface area contributed by atoms with Crippen LogP contribution in [0, 0.1) is 5.92 Å². The Morgan fingerprint density at radius 1 is 1.09 bits per heavy atom. The predicted molar refractivity (Wildman–Crippen MR) is 126 cm³/mol. The number of hydrogen-bond donors (Lipinski definition) is 1. The van der Waals surface area contributed by atoms with Crippen LogP contribution in [-0.4, -0.2) is 79.9 Å². The Bertz CT molecular complexity index is 1030. The second-order valence-electron chi connectivity index (χ2n) is 9.71. The summed E-state index contributed by atoms with van der Waals surface area (Å²) in [5.74, 6) is 0.536. The van der Waals surface area contributed by atoms with Crippen molar-refractivity contribution in [2.45, 2.75) is 18.3 Å². The van der Waals surface area contributed by atoms with Crippen molar-refractivity contribution in [1.82, 2.24) is 14.7 Å². The number of carbonyl (C=O) groups excluding carboxylic acids is 2. The summed E-state index contributed by atoms with van der Waals surface area (Å²) in [7, 11) is 4.18. The highest BCUT2D eigenvalue weighted by Crippen LogP contribution is 2.60. The largest absolute Gasteiger partial charge is 0.336 e. The first kappa shape index (κ1) is 21.2. The van der Waals surface area contributed by atoms with Crippen LogP contribution in [0.2, 0.25) is 0 Å². The van der Waals surface area contributed by atoms with Gasteiger partial charge >= 0.3 is 0 Å². The fourth-order valence-corrected chi connectivity index (χ4v) is 5.34. The smallest absolute Gasteiger partial charge is 0.253 e. The van der Waals surface area contributed by atoms with E-state index in [9.17, 15) is 9.59 Å². The molecule has 0 aromatic heterocycles. The first-order valence-electron chi connectivity index (χ1n) is 11.6. The number of hydrogen-bond acceptors (Lipinski definition) is 4. The zero-order chi connectivity index (χ0) is 22.3. The molecule has 0 bridgehead atoms. The van der Waals surface area contributed by atoms with E-state index < -0.39 is 0 Å². The molecule has 2 aromatic carbocycles. The third-order valence-electron chi connectivity index (χ3n) is 7.35. The molecule has 32 heavy (non-hydrogen) atoms. The van der Waals surface area contributed by atoms with Crippen LogP contribution >= 0.6 is 0 Å². The summed E-state index contributed by atoms with van der Waals surface area (Å²) in [6.45, 7) is 5.50. The van der Waals surface area contributed by atoms with E-state index in [1.54, 1.807) is 0 Å². The average molecular weight is 433 g/mol. The Morgan fingerprint density at radius 3 is 2.66 bits per heavy atom. The number of likely N-dealkylation sites (N-methyl/N-ethyl adjacent to an activating group) is 1. The van der Waals surface area contributed by atoms with Crippen molar-refractivity contribution in [2.24, 2.45) is 5.92 Å². The van der Waals surface area contributed by atoms with Gasteiger partial charge in [0.25, 0.3) is 5.91 Å². The topological polar surface area (TPSA) is 55.9 Å². The maximum Gasteiger partial charge on any atom is 0.253 e. The summed E-state index contributed by atoms with van der Waals surface area (Å²) in [6.07, 6.45) is 1.70. The number of piperazine rings is 1. The van der Waals surface area contributed by atoms with Crippen LogP contribution in [0.15, 0.2) is 48.5 Å². The van der Waals surface area contributed by atoms with E-state index in [1.807, 2.05) is 41.3 Å². The highest BCUT2D eigenvalue weighted by molar-refractivity contribution is 6.08. The number of nitrogens with zero attached hydrogens (tertiary/aromatic N) is 3. The molecule has 6 nitrogen and oxygen atoms in total. The standard InChI is InChI=1S/C26H32N4O2/c1-28(2)10-11-29-12-14-30(15-13-29)24(31)20-7-5-6-19(16-20)17-21-18-26(21)22-8-3-4-9-23(22)27-25(26)32/h3-9,16,21H,10-15,17-18H2,1-2H3,(H,27,32). The second kappa shape index (κ2) is 8.34. The highest BCUT2D eigenvalue weighted by atomic mass is 16.2. The number of amides is 2. The number of rotatable bonds is 6. The number of anilines is 1. The predicted octanol–water partition coefficient (Wildman–Crippen LogP) is 2.46. The zero-order valence-corrected chi connectivity index (χ0v) is 19.0. The van der Waals surface area contributed by atoms with Crippen molar-refractivity contribution in [1.29, 1.82) is 0 Å². The Morgan fingerprint density at radius 2 is 1.88 bits per heavy atom. The molecule has 3 aliphatic rings. The van der Waals surface area contributed by atoms with Gasteiger partial charge in [-0.1, -0.05) is 30.3 Å². The summed E-state index contributed by atoms with van der Waals surface area (Å²) < 4.78 is 0. The van der Waals surface area contributed by atoms with Crippen LogP contribution in [0.3, 0.4) is 0 Å². The molecule has 2 heterocycles. The molecule has 2 unspecified atom stereocenters. The molecule has 1 saturated carbocycles. The van der Waals surface area contributed by atoms with Crippen LogP contribution in [0.5, 0.6) is 0 Å². The third-order valence-corrected chi connectivity index (χ3v) is 7.35. The number of nitrogens with one attached hydrogen (secondary N) is 1. The lowest BCUT2D eigenvalue weighted by Crippen LogP contribution is -2.50. The van der Waals surface area contributed by atoms with Gasteiger partial charge in [-0.25, -0.2) is 0 Å². The average Bonchev–Trinajstić information content (AvgIpc) is 3.44. The van der Waals surface area contributed by atoms with Crippen molar-refractivity contribution >= 4 is 17.5 Å². The fraction of sp³-hybridized carbons (Fsp3) is 0.462. The van der Waals surface area contributed by atoms with Gasteiger partial charge in [0.1, 0.15) is 0 Å². The first-order valence-corrected chi connectivity index (χ1v) is 11.6. The van der Waals surface area contributed by atoms with E-state index in [-0.39, 0.29) is 23.1 Å². The maximum atomic E-state index is 13.1. The van der Waals surface area contributed by atoms with Crippen molar-refractivity contribution in [3.8, 4) is 0 Å². The minimum absolute atomic E-state index is 0.119. The monoisotopic (exact) mass is 432 g/mol. The van der Waals surface area contributed by atoms with Gasteiger partial charge in [0.2, 0.25) is 5.91 Å². The molecule has 2 atom stereocenters. The number of benzene rings is 2. The Kier molecular flexibility index (Phi) is 5.51. The summed E-state index contributed by atoms with van der Waals surface area (Å²) in [5.41, 5.74) is 3.61. The molecule has 2 fully saturated rings. The Labute approximate surface area is 190 Å². The van der Waals surface area contributed by atoms with E-state index in [1.165, 1.54) is 0 Å². The van der Waals surface area contributed by atoms with E-state index >= 15 is 0 Å². The molecule has 168 valence electrons. The number of para-hydroxylation sites is 1. The van der Waals surface area contributed by atoms with Gasteiger partial charge in [-0.3, -0.25) is 14.5 Å². The van der Waals surface area contributed by atoms with E-state index in [2.05, 4.69) is 41.3 Å². The van der Waals surface area contributed by atoms with Gasteiger partial charge in [-0.2, -0.15) is 0 Å². The minimum atomic E-state index is -0.376. The molecular formula is C26H32N4O2. The Balaban J connectivity index is 1.22. The zero-order valence-electron chi connectivity index (χ0n) is 19.0. The quantitative estimate of drug-likeness (QED) is 0.762. The third kappa shape index (κ3) is 3.82. The first-order chi connectivity index (χ1) is 15.5. The van der Waals surface area contributed by atoms with E-state index in [0.29, 0.717) is 0 Å². The van der Waals surface area contributed by atoms with E-state index in [0.717, 1.165) is 74.5 Å². The SMILES string of the molecule is CN(C)CCN1CCN(C(=O)c2cccc(CC3CC34C(=O)Nc3ccccc34)c2)CC1. The highest BCUT2D eigenvalue weighted by Gasteiger charge is 2.64. The molecule has 5 rings (SSSR count). The molecule has 1 spiro atoms. The molecular weight excluding hydrogens is 400 g/mol. The Hall–Kier alpha value is -2.70. The van der Waals surface area contributed by atoms with Gasteiger partial charge < -0.3 is 15.1 Å². The maximum absolute atomic E-state index is 13.1. The van der Waals surface area contributed by atoms with Gasteiger partial charge in [0, 0.05) is 50.5 Å². The van der Waals surface area contributed by atoms with Crippen LogP contribution in [0.25, 0.3) is 0 Å². The van der Waals surface area contributed by atoms with Crippen molar-refractivity contribution in [3.05, 3.63) is 65.2 Å². The van der Waals surface area contributed by atoms with Crippen LogP contribution in [0.1, 0.15) is 27.9 Å². The van der Waals surface area contributed by atoms with Gasteiger partial charge in [-0.05, 0) is 62.2 Å². The molecule has 2 amide bonds. The molecule has 0 radical (unpaired) electrons. The molecule has 1 saturated heterocycles. The second-order valence-corrected chi connectivity index (χ2v) is 9.71. The van der Waals surface area contributed by atoms with Gasteiger partial charge in [0.05, 0.1) is 5.41 Å². The van der Waals surface area contributed by atoms with Crippen LogP contribution in [0.4, 0.5) is 5.69 Å². The summed E-state index contributed by atoms with van der Waals surface area (Å²) in [6, 6.07) is 16.1. The number of fused-ring (bicyclic) bond motifs is 2. The fourth-order valence-electron chi connectivity index (χ4n) is 5.34. The lowest BCUT2D eigenvalue weighted by atomic mass is 9.92. The van der Waals surface area contributed by atoms with Crippen LogP contribution < -0.4 is 5.32 Å². The lowest BCUT2D eigenvalue weighted by Gasteiger charge is -2.35. The molecule has 2 aromatic rings. The molecule has 1 N–H and O–H groups in total. The van der Waals surface area contributed by atoms with Gasteiger partial charge in [0.15, 0.2) is 0 Å². The van der Waals surface area contributed by atoms with Crippen molar-refractivity contribution < 1.29 is 9.59 Å². The summed E-state index contributed by atoms with van der Waals surface area (Å²) >= 11 is 0. The van der Waals surface area contributed by atoms with E-state index in [4.69, 9.17) is 0 Å². The number of carbonyl (C=O) groups is 2. The lowest BCUT2D eigenvalue weighted by molar-refractivity contribution is -0.118. The molecule has 2 aliphatic heterocycles. The molecule has 6 heteroatoms. The summed E-state index contributed by atoms with van der Waals surface area (Å²) in [5, 5.41) is 3.05. The normalized spacial score (nSPS) is 24.7.